The third kappa shape index (κ3) is 6.30. The van der Waals surface area contributed by atoms with Crippen LogP contribution in [0.1, 0.15) is 5.56 Å². The van der Waals surface area contributed by atoms with Crippen LogP contribution in [0.15, 0.2) is 82.8 Å². The monoisotopic (exact) mass is 491 g/mol. The van der Waals surface area contributed by atoms with Crippen LogP contribution in [0.3, 0.4) is 0 Å². The van der Waals surface area contributed by atoms with E-state index in [0.29, 0.717) is 17.1 Å². The van der Waals surface area contributed by atoms with E-state index in [9.17, 15) is 13.2 Å². The number of benzene rings is 3. The highest BCUT2D eigenvalue weighted by Crippen LogP contribution is 2.27. The highest BCUT2D eigenvalue weighted by molar-refractivity contribution is 7.89. The molecule has 7 nitrogen and oxygen atoms in total. The number of para-hydroxylation sites is 1. The molecule has 10 heteroatoms. The van der Waals surface area contributed by atoms with Gasteiger partial charge in [-0.3, -0.25) is 4.79 Å². The number of sulfonamides is 1. The van der Waals surface area contributed by atoms with E-state index in [0.717, 1.165) is 4.31 Å². The summed E-state index contributed by atoms with van der Waals surface area (Å²) in [6, 6.07) is 20.5. The molecule has 0 bridgehead atoms. The third-order valence-corrected chi connectivity index (χ3v) is 6.71. The maximum absolute atomic E-state index is 12.7. The second-order valence-corrected chi connectivity index (χ2v) is 9.47. The number of carbonyl (C=O) groups excluding carboxylic acids is 1. The van der Waals surface area contributed by atoms with Gasteiger partial charge < -0.3 is 4.74 Å². The molecule has 1 N–H and O–H groups in total. The molecule has 0 saturated carbocycles. The predicted molar refractivity (Wildman–Crippen MR) is 125 cm³/mol. The first kappa shape index (κ1) is 23.7. The Kier molecular flexibility index (Phi) is 7.87. The average molecular weight is 492 g/mol. The molecule has 3 aromatic carbocycles. The molecule has 0 fully saturated rings. The summed E-state index contributed by atoms with van der Waals surface area (Å²) in [6.07, 6.45) is 1.43. The minimum absolute atomic E-state index is 0.0114. The first-order valence-corrected chi connectivity index (χ1v) is 11.5. The summed E-state index contributed by atoms with van der Waals surface area (Å²) >= 11 is 11.8. The number of nitrogens with one attached hydrogen (secondary N) is 1. The SMILES string of the molecule is CN(CC(=O)N/N=C\c1cccc(Oc2ccccc2)c1)S(=O)(=O)c1cc(Cl)ccc1Cl. The van der Waals surface area contributed by atoms with Crippen molar-refractivity contribution in [3.8, 4) is 11.5 Å². The molecule has 0 aliphatic carbocycles. The number of nitrogens with zero attached hydrogens (tertiary/aromatic N) is 2. The van der Waals surface area contributed by atoms with Crippen molar-refractivity contribution in [3.05, 3.63) is 88.4 Å². The van der Waals surface area contributed by atoms with Crippen molar-refractivity contribution in [3.63, 3.8) is 0 Å². The van der Waals surface area contributed by atoms with E-state index in [1.165, 1.54) is 31.5 Å². The molecule has 0 heterocycles. The van der Waals surface area contributed by atoms with Crippen LogP contribution in [0.25, 0.3) is 0 Å². The first-order chi connectivity index (χ1) is 15.3. The van der Waals surface area contributed by atoms with Crippen LogP contribution in [0, 0.1) is 0 Å². The molecule has 0 atom stereocenters. The van der Waals surface area contributed by atoms with E-state index in [1.807, 2.05) is 30.3 Å². The number of carbonyl (C=O) groups is 1. The molecule has 0 unspecified atom stereocenters. The summed E-state index contributed by atoms with van der Waals surface area (Å²) in [5, 5.41) is 4.11. The van der Waals surface area contributed by atoms with E-state index >= 15 is 0 Å². The topological polar surface area (TPSA) is 88.1 Å². The highest BCUT2D eigenvalue weighted by atomic mass is 35.5. The molecule has 3 aromatic rings. The first-order valence-electron chi connectivity index (χ1n) is 9.32. The number of halogens is 2. The van der Waals surface area contributed by atoms with Crippen LogP contribution in [0.5, 0.6) is 11.5 Å². The largest absolute Gasteiger partial charge is 0.457 e. The lowest BCUT2D eigenvalue weighted by atomic mass is 10.2. The lowest BCUT2D eigenvalue weighted by Crippen LogP contribution is -2.36. The van der Waals surface area contributed by atoms with E-state index < -0.39 is 22.5 Å². The number of rotatable bonds is 8. The van der Waals surface area contributed by atoms with Crippen LogP contribution in [0.2, 0.25) is 10.0 Å². The van der Waals surface area contributed by atoms with Crippen LogP contribution < -0.4 is 10.2 Å². The summed E-state index contributed by atoms with van der Waals surface area (Å²) in [6.45, 7) is -0.459. The molecule has 1 amide bonds. The maximum atomic E-state index is 12.7. The lowest BCUT2D eigenvalue weighted by Gasteiger charge is -2.17. The van der Waals surface area contributed by atoms with Gasteiger partial charge in [-0.1, -0.05) is 53.5 Å². The van der Waals surface area contributed by atoms with Gasteiger partial charge in [0.25, 0.3) is 5.91 Å². The third-order valence-electron chi connectivity index (χ3n) is 4.19. The van der Waals surface area contributed by atoms with E-state index in [-0.39, 0.29) is 14.9 Å². The van der Waals surface area contributed by atoms with Gasteiger partial charge in [-0.05, 0) is 48.0 Å². The van der Waals surface area contributed by atoms with Crippen molar-refractivity contribution in [2.45, 2.75) is 4.90 Å². The van der Waals surface area contributed by atoms with Crippen LogP contribution >= 0.6 is 23.2 Å². The van der Waals surface area contributed by atoms with Gasteiger partial charge in [-0.15, -0.1) is 0 Å². The van der Waals surface area contributed by atoms with Crippen molar-refractivity contribution in [2.75, 3.05) is 13.6 Å². The van der Waals surface area contributed by atoms with E-state index in [4.69, 9.17) is 27.9 Å². The summed E-state index contributed by atoms with van der Waals surface area (Å²) in [5.74, 6) is 0.678. The van der Waals surface area contributed by atoms with Crippen molar-refractivity contribution < 1.29 is 17.9 Å². The minimum Gasteiger partial charge on any atom is -0.457 e. The molecule has 3 rings (SSSR count). The van der Waals surface area contributed by atoms with Crippen LogP contribution in [0.4, 0.5) is 0 Å². The van der Waals surface area contributed by atoms with Crippen LogP contribution in [-0.4, -0.2) is 38.4 Å². The van der Waals surface area contributed by atoms with Crippen molar-refractivity contribution in [2.24, 2.45) is 5.10 Å². The molecule has 32 heavy (non-hydrogen) atoms. The second kappa shape index (κ2) is 10.6. The average Bonchev–Trinajstić information content (AvgIpc) is 2.76. The fourth-order valence-corrected chi connectivity index (χ4v) is 4.49. The standard InChI is InChI=1S/C22H19Cl2N3O4S/c1-27(32(29,30)21-13-17(23)10-11-20(21)24)15-22(28)26-25-14-16-6-5-9-19(12-16)31-18-7-3-2-4-8-18/h2-14H,15H2,1H3,(H,26,28)/b25-14-. The number of likely N-dealkylation sites (N-methyl/N-ethyl adjacent to an activating group) is 1. The zero-order valence-corrected chi connectivity index (χ0v) is 19.2. The Labute approximate surface area is 196 Å². The highest BCUT2D eigenvalue weighted by Gasteiger charge is 2.25. The molecule has 0 aliphatic rings. The molecule has 0 spiro atoms. The van der Waals surface area contributed by atoms with Gasteiger partial charge in [0.2, 0.25) is 10.0 Å². The fourth-order valence-electron chi connectivity index (χ4n) is 2.63. The number of amides is 1. The Morgan fingerprint density at radius 3 is 2.50 bits per heavy atom. The fraction of sp³-hybridized carbons (Fsp3) is 0.0909. The van der Waals surface area contributed by atoms with E-state index in [1.54, 1.807) is 24.3 Å². The Hall–Kier alpha value is -2.91. The number of hydrazone groups is 1. The maximum Gasteiger partial charge on any atom is 0.255 e. The Morgan fingerprint density at radius 2 is 1.75 bits per heavy atom. The van der Waals surface area contributed by atoms with E-state index in [2.05, 4.69) is 10.5 Å². The molecule has 0 radical (unpaired) electrons. The number of hydrogen-bond donors (Lipinski definition) is 1. The number of ether oxygens (including phenoxy) is 1. The smallest absolute Gasteiger partial charge is 0.255 e. The summed E-state index contributed by atoms with van der Waals surface area (Å²) in [4.78, 5) is 12.0. The van der Waals surface area contributed by atoms with Gasteiger partial charge >= 0.3 is 0 Å². The Morgan fingerprint density at radius 1 is 1.03 bits per heavy atom. The summed E-state index contributed by atoms with van der Waals surface area (Å²) in [7, 11) is -2.75. The summed E-state index contributed by atoms with van der Waals surface area (Å²) in [5.41, 5.74) is 2.99. The van der Waals surface area contributed by atoms with Crippen molar-refractivity contribution in [1.29, 1.82) is 0 Å². The van der Waals surface area contributed by atoms with Gasteiger partial charge in [0, 0.05) is 12.1 Å². The van der Waals surface area contributed by atoms with Gasteiger partial charge in [0.05, 0.1) is 17.8 Å². The Bertz CT molecular complexity index is 1230. The zero-order chi connectivity index (χ0) is 23.1. The van der Waals surface area contributed by atoms with Crippen molar-refractivity contribution >= 4 is 45.3 Å². The second-order valence-electron chi connectivity index (χ2n) is 6.62. The summed E-state index contributed by atoms with van der Waals surface area (Å²) < 4.78 is 32.0. The molecule has 0 aromatic heterocycles. The molecule has 0 saturated heterocycles. The quantitative estimate of drug-likeness (QED) is 0.369. The normalized spacial score (nSPS) is 11.6. The van der Waals surface area contributed by atoms with Crippen LogP contribution in [-0.2, 0) is 14.8 Å². The predicted octanol–water partition coefficient (Wildman–Crippen LogP) is 4.56. The molecular weight excluding hydrogens is 473 g/mol. The number of hydrogen-bond acceptors (Lipinski definition) is 5. The van der Waals surface area contributed by atoms with Gasteiger partial charge in [0.15, 0.2) is 0 Å². The Balaban J connectivity index is 1.60. The van der Waals surface area contributed by atoms with Gasteiger partial charge in [-0.2, -0.15) is 9.41 Å². The van der Waals surface area contributed by atoms with Gasteiger partial charge in [0.1, 0.15) is 16.4 Å². The molecule has 0 aliphatic heterocycles. The van der Waals surface area contributed by atoms with Crippen molar-refractivity contribution in [1.82, 2.24) is 9.73 Å². The molecular formula is C22H19Cl2N3O4S. The molecule has 166 valence electrons. The lowest BCUT2D eigenvalue weighted by molar-refractivity contribution is -0.121. The zero-order valence-electron chi connectivity index (χ0n) is 16.9. The van der Waals surface area contributed by atoms with Gasteiger partial charge in [-0.25, -0.2) is 13.8 Å². The minimum atomic E-state index is -4.01.